The quantitative estimate of drug-likeness (QED) is 0.369. The molecule has 0 saturated carbocycles. The number of carbonyl (C=O) groups is 2. The summed E-state index contributed by atoms with van der Waals surface area (Å²) in [6.45, 7) is 1.90. The summed E-state index contributed by atoms with van der Waals surface area (Å²) in [5.41, 5.74) is 5.44. The van der Waals surface area contributed by atoms with Crippen LogP contribution in [0.15, 0.2) is 72.6 Å². The fourth-order valence-electron chi connectivity index (χ4n) is 4.81. The Morgan fingerprint density at radius 2 is 1.69 bits per heavy atom. The van der Waals surface area contributed by atoms with Gasteiger partial charge in [-0.25, -0.2) is 0 Å². The van der Waals surface area contributed by atoms with Gasteiger partial charge in [0.2, 0.25) is 0 Å². The van der Waals surface area contributed by atoms with Crippen molar-refractivity contribution in [3.05, 3.63) is 100 Å². The monoisotopic (exact) mass is 424 g/mol. The standard InChI is InChI=1S/C27H24N2O3/c1-17-6-2-5-9-22(17)29-24(19-12-14-28-15-13-19)23(26(31)27(29)32)25(30)21-11-10-18-7-3-4-8-20(18)16-21/h2,5-6,9-16,24,30H,3-4,7-8H2,1H3/b25-23-. The summed E-state index contributed by atoms with van der Waals surface area (Å²) in [6.07, 6.45) is 7.54. The molecule has 1 aromatic heterocycles. The zero-order valence-corrected chi connectivity index (χ0v) is 17.9. The Bertz CT molecular complexity index is 1250. The molecule has 2 heterocycles. The lowest BCUT2D eigenvalue weighted by Gasteiger charge is -2.26. The number of hydrogen-bond acceptors (Lipinski definition) is 4. The van der Waals surface area contributed by atoms with Crippen LogP contribution in [0.3, 0.4) is 0 Å². The van der Waals surface area contributed by atoms with E-state index in [1.807, 2.05) is 49.4 Å². The number of carbonyl (C=O) groups excluding carboxylic acids is 2. The third kappa shape index (κ3) is 3.30. The molecule has 5 nitrogen and oxygen atoms in total. The van der Waals surface area contributed by atoms with Crippen LogP contribution in [-0.2, 0) is 22.4 Å². The molecule has 1 saturated heterocycles. The normalized spacial score (nSPS) is 19.8. The van der Waals surface area contributed by atoms with Gasteiger partial charge in [-0.15, -0.1) is 0 Å². The van der Waals surface area contributed by atoms with Crippen LogP contribution in [0.4, 0.5) is 5.69 Å². The van der Waals surface area contributed by atoms with Crippen LogP contribution in [0.1, 0.15) is 46.7 Å². The molecule has 5 heteroatoms. The number of aromatic nitrogens is 1. The molecule has 160 valence electrons. The molecule has 1 amide bonds. The Morgan fingerprint density at radius 3 is 2.44 bits per heavy atom. The number of anilines is 1. The van der Waals surface area contributed by atoms with E-state index >= 15 is 0 Å². The van der Waals surface area contributed by atoms with E-state index in [9.17, 15) is 14.7 Å². The molecule has 0 bridgehead atoms. The van der Waals surface area contributed by atoms with Crippen LogP contribution < -0.4 is 4.90 Å². The van der Waals surface area contributed by atoms with Crippen molar-refractivity contribution in [3.8, 4) is 0 Å². The van der Waals surface area contributed by atoms with Crippen LogP contribution in [0.5, 0.6) is 0 Å². The first-order chi connectivity index (χ1) is 15.6. The number of para-hydroxylation sites is 1. The minimum Gasteiger partial charge on any atom is -0.507 e. The number of aliphatic hydroxyl groups excluding tert-OH is 1. The van der Waals surface area contributed by atoms with Crippen molar-refractivity contribution in [3.63, 3.8) is 0 Å². The summed E-state index contributed by atoms with van der Waals surface area (Å²) in [7, 11) is 0. The van der Waals surface area contributed by atoms with Crippen LogP contribution in [0.25, 0.3) is 5.76 Å². The maximum atomic E-state index is 13.3. The smallest absolute Gasteiger partial charge is 0.300 e. The predicted octanol–water partition coefficient (Wildman–Crippen LogP) is 4.90. The van der Waals surface area contributed by atoms with Crippen molar-refractivity contribution in [1.82, 2.24) is 4.98 Å². The fourth-order valence-corrected chi connectivity index (χ4v) is 4.81. The van der Waals surface area contributed by atoms with Gasteiger partial charge in [-0.05, 0) is 79.1 Å². The van der Waals surface area contributed by atoms with E-state index in [2.05, 4.69) is 4.98 Å². The van der Waals surface area contributed by atoms with Crippen LogP contribution >= 0.6 is 0 Å². The minimum absolute atomic E-state index is 0.111. The number of ketones is 1. The molecule has 5 rings (SSSR count). The number of aliphatic hydroxyl groups is 1. The average Bonchev–Trinajstić information content (AvgIpc) is 3.09. The maximum Gasteiger partial charge on any atom is 0.300 e. The Morgan fingerprint density at radius 1 is 0.969 bits per heavy atom. The van der Waals surface area contributed by atoms with Crippen molar-refractivity contribution >= 4 is 23.1 Å². The number of Topliss-reactive ketones (excluding diaryl/α,β-unsaturated/α-hetero) is 1. The molecule has 2 aromatic carbocycles. The third-order valence-electron chi connectivity index (χ3n) is 6.46. The van der Waals surface area contributed by atoms with Gasteiger partial charge in [-0.2, -0.15) is 0 Å². The van der Waals surface area contributed by atoms with E-state index in [0.717, 1.165) is 30.4 Å². The Labute approximate surface area is 187 Å². The topological polar surface area (TPSA) is 70.5 Å². The van der Waals surface area contributed by atoms with Crippen LogP contribution in [0, 0.1) is 6.92 Å². The lowest BCUT2D eigenvalue weighted by molar-refractivity contribution is -0.132. The Kier molecular flexibility index (Phi) is 5.10. The second-order valence-corrected chi connectivity index (χ2v) is 8.43. The summed E-state index contributed by atoms with van der Waals surface area (Å²) < 4.78 is 0. The molecule has 1 atom stereocenters. The number of hydrogen-bond donors (Lipinski definition) is 1. The van der Waals surface area contributed by atoms with Crippen molar-refractivity contribution in [2.45, 2.75) is 38.6 Å². The second kappa shape index (κ2) is 8.08. The Hall–Kier alpha value is -3.73. The number of aryl methyl sites for hydroxylation is 3. The maximum absolute atomic E-state index is 13.3. The van der Waals surface area contributed by atoms with Gasteiger partial charge >= 0.3 is 0 Å². The largest absolute Gasteiger partial charge is 0.507 e. The van der Waals surface area contributed by atoms with Gasteiger partial charge in [0.05, 0.1) is 11.6 Å². The van der Waals surface area contributed by atoms with E-state index in [4.69, 9.17) is 0 Å². The average molecular weight is 425 g/mol. The van der Waals surface area contributed by atoms with Gasteiger partial charge in [-0.3, -0.25) is 19.5 Å². The van der Waals surface area contributed by atoms with Crippen molar-refractivity contribution in [2.75, 3.05) is 4.90 Å². The van der Waals surface area contributed by atoms with E-state index in [1.165, 1.54) is 22.4 Å². The van der Waals surface area contributed by atoms with Gasteiger partial charge in [0.25, 0.3) is 11.7 Å². The summed E-state index contributed by atoms with van der Waals surface area (Å²) in [6, 6.07) is 16.1. The molecule has 1 unspecified atom stereocenters. The van der Waals surface area contributed by atoms with E-state index in [-0.39, 0.29) is 11.3 Å². The fraction of sp³-hybridized carbons (Fsp3) is 0.222. The summed E-state index contributed by atoms with van der Waals surface area (Å²) in [5.74, 6) is -1.44. The summed E-state index contributed by atoms with van der Waals surface area (Å²) >= 11 is 0. The zero-order valence-electron chi connectivity index (χ0n) is 17.9. The number of fused-ring (bicyclic) bond motifs is 1. The number of amides is 1. The van der Waals surface area contributed by atoms with E-state index in [1.54, 1.807) is 24.5 Å². The first-order valence-corrected chi connectivity index (χ1v) is 10.9. The van der Waals surface area contributed by atoms with Crippen LogP contribution in [-0.4, -0.2) is 21.8 Å². The molecule has 32 heavy (non-hydrogen) atoms. The molecule has 0 radical (unpaired) electrons. The highest BCUT2D eigenvalue weighted by Crippen LogP contribution is 2.43. The first kappa shape index (κ1) is 20.2. The van der Waals surface area contributed by atoms with Gasteiger partial charge in [-0.1, -0.05) is 30.3 Å². The van der Waals surface area contributed by atoms with Gasteiger partial charge < -0.3 is 5.11 Å². The molecule has 1 fully saturated rings. The summed E-state index contributed by atoms with van der Waals surface area (Å²) in [5, 5.41) is 11.3. The van der Waals surface area contributed by atoms with E-state index in [0.29, 0.717) is 11.3 Å². The molecule has 1 aliphatic carbocycles. The highest BCUT2D eigenvalue weighted by atomic mass is 16.3. The summed E-state index contributed by atoms with van der Waals surface area (Å²) in [4.78, 5) is 32.1. The zero-order chi connectivity index (χ0) is 22.2. The predicted molar refractivity (Wildman–Crippen MR) is 123 cm³/mol. The number of benzene rings is 2. The minimum atomic E-state index is -0.727. The third-order valence-corrected chi connectivity index (χ3v) is 6.46. The lowest BCUT2D eigenvalue weighted by Crippen LogP contribution is -2.30. The number of pyridine rings is 1. The lowest BCUT2D eigenvalue weighted by atomic mass is 9.89. The highest BCUT2D eigenvalue weighted by Gasteiger charge is 2.47. The SMILES string of the molecule is Cc1ccccc1N1C(=O)C(=O)/C(=C(\O)c2ccc3c(c2)CCCC3)C1c1ccncc1. The first-order valence-electron chi connectivity index (χ1n) is 10.9. The van der Waals surface area contributed by atoms with Gasteiger partial charge in [0, 0.05) is 23.6 Å². The molecule has 1 N–H and O–H groups in total. The number of rotatable bonds is 3. The molecule has 1 aliphatic heterocycles. The Balaban J connectivity index is 1.70. The molecule has 2 aliphatic rings. The highest BCUT2D eigenvalue weighted by molar-refractivity contribution is 6.51. The molecular weight excluding hydrogens is 400 g/mol. The number of nitrogens with zero attached hydrogens (tertiary/aromatic N) is 2. The van der Waals surface area contributed by atoms with Crippen LogP contribution in [0.2, 0.25) is 0 Å². The van der Waals surface area contributed by atoms with Crippen molar-refractivity contribution in [2.24, 2.45) is 0 Å². The molecule has 3 aromatic rings. The molecule has 0 spiro atoms. The van der Waals surface area contributed by atoms with Gasteiger partial charge in [0.15, 0.2) is 0 Å². The molecular formula is C27H24N2O3. The van der Waals surface area contributed by atoms with E-state index < -0.39 is 17.7 Å². The van der Waals surface area contributed by atoms with Crippen molar-refractivity contribution < 1.29 is 14.7 Å². The van der Waals surface area contributed by atoms with Gasteiger partial charge in [0.1, 0.15) is 5.76 Å². The van der Waals surface area contributed by atoms with Crippen molar-refractivity contribution in [1.29, 1.82) is 0 Å². The second-order valence-electron chi connectivity index (χ2n) is 8.43.